The molecule has 0 heterocycles. The van der Waals surface area contributed by atoms with E-state index in [2.05, 4.69) is 5.32 Å². The predicted molar refractivity (Wildman–Crippen MR) is 70.9 cm³/mol. The zero-order valence-corrected chi connectivity index (χ0v) is 11.5. The van der Waals surface area contributed by atoms with Crippen LogP contribution in [0.3, 0.4) is 0 Å². The van der Waals surface area contributed by atoms with Gasteiger partial charge in [-0.15, -0.1) is 0 Å². The van der Waals surface area contributed by atoms with E-state index in [1.807, 2.05) is 0 Å². The van der Waals surface area contributed by atoms with Crippen molar-refractivity contribution in [3.05, 3.63) is 35.6 Å². The first kappa shape index (κ1) is 16.1. The Hall–Kier alpha value is -1.95. The van der Waals surface area contributed by atoms with Crippen LogP contribution in [0.4, 0.5) is 4.39 Å². The fourth-order valence-electron chi connectivity index (χ4n) is 1.61. The SMILES string of the molecule is CC(C)(C(=O)NCCOCC(=O)O)c1ccc(F)cc1. The minimum Gasteiger partial charge on any atom is -0.480 e. The van der Waals surface area contributed by atoms with Gasteiger partial charge >= 0.3 is 5.97 Å². The maximum absolute atomic E-state index is 12.9. The lowest BCUT2D eigenvalue weighted by atomic mass is 9.84. The van der Waals surface area contributed by atoms with Crippen molar-refractivity contribution in [2.75, 3.05) is 19.8 Å². The molecule has 0 unspecified atom stereocenters. The molecular weight excluding hydrogens is 265 g/mol. The van der Waals surface area contributed by atoms with Gasteiger partial charge in [-0.25, -0.2) is 9.18 Å². The van der Waals surface area contributed by atoms with Gasteiger partial charge in [-0.3, -0.25) is 4.79 Å². The van der Waals surface area contributed by atoms with Crippen molar-refractivity contribution < 1.29 is 23.8 Å². The van der Waals surface area contributed by atoms with Crippen LogP contribution in [0.25, 0.3) is 0 Å². The van der Waals surface area contributed by atoms with Gasteiger partial charge in [-0.05, 0) is 31.5 Å². The molecule has 0 aromatic heterocycles. The van der Waals surface area contributed by atoms with E-state index in [1.165, 1.54) is 12.1 Å². The van der Waals surface area contributed by atoms with Crippen LogP contribution in [0.15, 0.2) is 24.3 Å². The van der Waals surface area contributed by atoms with E-state index >= 15 is 0 Å². The highest BCUT2D eigenvalue weighted by Crippen LogP contribution is 2.23. The third kappa shape index (κ3) is 4.62. The molecule has 1 aromatic carbocycles. The summed E-state index contributed by atoms with van der Waals surface area (Å²) in [5, 5.41) is 11.0. The fraction of sp³-hybridized carbons (Fsp3) is 0.429. The Kier molecular flexibility index (Phi) is 5.64. The summed E-state index contributed by atoms with van der Waals surface area (Å²) in [7, 11) is 0. The lowest BCUT2D eigenvalue weighted by molar-refractivity contribution is -0.142. The Bertz CT molecular complexity index is 471. The Morgan fingerprint density at radius 1 is 1.30 bits per heavy atom. The molecule has 6 heteroatoms. The van der Waals surface area contributed by atoms with Crippen LogP contribution >= 0.6 is 0 Å². The molecule has 0 spiro atoms. The Balaban J connectivity index is 2.48. The number of carboxylic acids is 1. The van der Waals surface area contributed by atoms with Gasteiger partial charge in [-0.2, -0.15) is 0 Å². The summed E-state index contributed by atoms with van der Waals surface area (Å²) >= 11 is 0. The van der Waals surface area contributed by atoms with Crippen LogP contribution in [0, 0.1) is 5.82 Å². The summed E-state index contributed by atoms with van der Waals surface area (Å²) in [6.45, 7) is 3.41. The Morgan fingerprint density at radius 2 is 1.90 bits per heavy atom. The highest BCUT2D eigenvalue weighted by Gasteiger charge is 2.29. The van der Waals surface area contributed by atoms with E-state index < -0.39 is 18.0 Å². The molecule has 110 valence electrons. The predicted octanol–water partition coefficient (Wildman–Crippen LogP) is 1.32. The van der Waals surface area contributed by atoms with E-state index in [0.717, 1.165) is 0 Å². The topological polar surface area (TPSA) is 75.6 Å². The van der Waals surface area contributed by atoms with Gasteiger partial charge in [0.1, 0.15) is 12.4 Å². The molecule has 5 nitrogen and oxygen atoms in total. The standard InChI is InChI=1S/C14H18FNO4/c1-14(2,10-3-5-11(15)6-4-10)13(19)16-7-8-20-9-12(17)18/h3-6H,7-9H2,1-2H3,(H,16,19)(H,17,18). The molecule has 0 atom stereocenters. The second-order valence-electron chi connectivity index (χ2n) is 4.83. The fourth-order valence-corrected chi connectivity index (χ4v) is 1.61. The van der Waals surface area contributed by atoms with Gasteiger partial charge in [0, 0.05) is 6.54 Å². The van der Waals surface area contributed by atoms with Gasteiger partial charge in [0.15, 0.2) is 0 Å². The average Bonchev–Trinajstić information content (AvgIpc) is 2.38. The molecule has 20 heavy (non-hydrogen) atoms. The minimum absolute atomic E-state index is 0.123. The summed E-state index contributed by atoms with van der Waals surface area (Å²) in [5.74, 6) is -1.64. The zero-order chi connectivity index (χ0) is 15.2. The minimum atomic E-state index is -1.05. The second kappa shape index (κ2) is 7.00. The van der Waals surface area contributed by atoms with E-state index in [4.69, 9.17) is 9.84 Å². The first-order valence-electron chi connectivity index (χ1n) is 6.18. The van der Waals surface area contributed by atoms with Gasteiger partial charge in [-0.1, -0.05) is 12.1 Å². The Labute approximate surface area is 116 Å². The van der Waals surface area contributed by atoms with Crippen molar-refractivity contribution in [3.63, 3.8) is 0 Å². The molecular formula is C14H18FNO4. The molecule has 0 fully saturated rings. The number of halogens is 1. The van der Waals surface area contributed by atoms with Crippen LogP contribution in [-0.4, -0.2) is 36.7 Å². The normalized spacial score (nSPS) is 11.2. The zero-order valence-electron chi connectivity index (χ0n) is 11.5. The van der Waals surface area contributed by atoms with Crippen LogP contribution in [-0.2, 0) is 19.7 Å². The summed E-state index contributed by atoms with van der Waals surface area (Å²) in [4.78, 5) is 22.3. The van der Waals surface area contributed by atoms with Crippen molar-refractivity contribution in [2.45, 2.75) is 19.3 Å². The molecule has 0 aliphatic carbocycles. The number of ether oxygens (including phenoxy) is 1. The van der Waals surface area contributed by atoms with Crippen LogP contribution in [0.2, 0.25) is 0 Å². The lowest BCUT2D eigenvalue weighted by Crippen LogP contribution is -2.41. The number of hydrogen-bond acceptors (Lipinski definition) is 3. The highest BCUT2D eigenvalue weighted by molar-refractivity contribution is 5.87. The first-order valence-corrected chi connectivity index (χ1v) is 6.18. The van der Waals surface area contributed by atoms with E-state index in [9.17, 15) is 14.0 Å². The summed E-state index contributed by atoms with van der Waals surface area (Å²) in [6.07, 6.45) is 0. The number of aliphatic carboxylic acids is 1. The highest BCUT2D eigenvalue weighted by atomic mass is 19.1. The molecule has 0 aliphatic heterocycles. The lowest BCUT2D eigenvalue weighted by Gasteiger charge is -2.24. The maximum Gasteiger partial charge on any atom is 0.329 e. The molecule has 2 N–H and O–H groups in total. The first-order chi connectivity index (χ1) is 9.34. The van der Waals surface area contributed by atoms with Crippen LogP contribution in [0.5, 0.6) is 0 Å². The van der Waals surface area contributed by atoms with Crippen molar-refractivity contribution in [2.24, 2.45) is 0 Å². The quantitative estimate of drug-likeness (QED) is 0.740. The van der Waals surface area contributed by atoms with Gasteiger partial charge in [0.25, 0.3) is 0 Å². The average molecular weight is 283 g/mol. The maximum atomic E-state index is 12.9. The summed E-state index contributed by atoms with van der Waals surface area (Å²) < 4.78 is 17.7. The molecule has 0 aliphatic rings. The smallest absolute Gasteiger partial charge is 0.329 e. The molecule has 0 saturated heterocycles. The number of carboxylic acid groups (broad SMARTS) is 1. The van der Waals surface area contributed by atoms with Gasteiger partial charge in [0.2, 0.25) is 5.91 Å². The van der Waals surface area contributed by atoms with Crippen molar-refractivity contribution in [1.29, 1.82) is 0 Å². The Morgan fingerprint density at radius 3 is 2.45 bits per heavy atom. The number of carbonyl (C=O) groups is 2. The monoisotopic (exact) mass is 283 g/mol. The number of nitrogens with one attached hydrogen (secondary N) is 1. The van der Waals surface area contributed by atoms with Crippen LogP contribution < -0.4 is 5.32 Å². The van der Waals surface area contributed by atoms with Crippen LogP contribution in [0.1, 0.15) is 19.4 Å². The number of benzene rings is 1. The van der Waals surface area contributed by atoms with Crippen molar-refractivity contribution in [3.8, 4) is 0 Å². The second-order valence-corrected chi connectivity index (χ2v) is 4.83. The molecule has 0 saturated carbocycles. The van der Waals surface area contributed by atoms with E-state index in [-0.39, 0.29) is 24.9 Å². The molecule has 0 radical (unpaired) electrons. The third-order valence-corrected chi connectivity index (χ3v) is 2.89. The van der Waals surface area contributed by atoms with E-state index in [1.54, 1.807) is 26.0 Å². The van der Waals surface area contributed by atoms with E-state index in [0.29, 0.717) is 5.56 Å². The molecule has 0 bridgehead atoms. The number of carbonyl (C=O) groups excluding carboxylic acids is 1. The third-order valence-electron chi connectivity index (χ3n) is 2.89. The molecule has 1 rings (SSSR count). The number of hydrogen-bond donors (Lipinski definition) is 2. The molecule has 1 aromatic rings. The van der Waals surface area contributed by atoms with Crippen molar-refractivity contribution in [1.82, 2.24) is 5.32 Å². The number of amides is 1. The largest absolute Gasteiger partial charge is 0.480 e. The summed E-state index contributed by atoms with van der Waals surface area (Å²) in [6, 6.07) is 5.74. The number of rotatable bonds is 7. The summed E-state index contributed by atoms with van der Waals surface area (Å²) in [5.41, 5.74) is -0.108. The van der Waals surface area contributed by atoms with Gasteiger partial charge < -0.3 is 15.2 Å². The van der Waals surface area contributed by atoms with Crippen molar-refractivity contribution >= 4 is 11.9 Å². The van der Waals surface area contributed by atoms with Gasteiger partial charge in [0.05, 0.1) is 12.0 Å². The molecule has 1 amide bonds.